The molecule has 0 unspecified atom stereocenters. The lowest BCUT2D eigenvalue weighted by Crippen LogP contribution is -2.50. The Morgan fingerprint density at radius 1 is 1.10 bits per heavy atom. The van der Waals surface area contributed by atoms with Gasteiger partial charge in [0.15, 0.2) is 0 Å². The van der Waals surface area contributed by atoms with E-state index in [9.17, 15) is 26.8 Å². The molecule has 5 rings (SSSR count). The molecule has 1 fully saturated rings. The summed E-state index contributed by atoms with van der Waals surface area (Å²) in [6, 6.07) is 7.98. The van der Waals surface area contributed by atoms with Gasteiger partial charge in [0.05, 0.1) is 11.7 Å². The van der Waals surface area contributed by atoms with Crippen molar-refractivity contribution >= 4 is 33.2 Å². The van der Waals surface area contributed by atoms with Gasteiger partial charge >= 0.3 is 6.03 Å². The Morgan fingerprint density at radius 3 is 2.48 bits per heavy atom. The van der Waals surface area contributed by atoms with Crippen molar-refractivity contribution in [3.63, 3.8) is 0 Å². The number of nitrogens with one attached hydrogen (secondary N) is 1. The van der Waals surface area contributed by atoms with Crippen LogP contribution in [0.5, 0.6) is 0 Å². The average Bonchev–Trinajstić information content (AvgIpc) is 3.33. The number of amides is 3. The van der Waals surface area contributed by atoms with Crippen molar-refractivity contribution < 1.29 is 26.8 Å². The number of hydrogen-bond donors (Lipinski definition) is 1. The minimum absolute atomic E-state index is 0.0257. The number of fused-ring (bicyclic) bond motifs is 3. The zero-order valence-electron chi connectivity index (χ0n) is 16.1. The van der Waals surface area contributed by atoms with Crippen LogP contribution in [-0.4, -0.2) is 48.7 Å². The molecule has 7 nitrogen and oxygen atoms in total. The first-order chi connectivity index (χ1) is 14.7. The maximum absolute atomic E-state index is 13.6. The van der Waals surface area contributed by atoms with Crippen molar-refractivity contribution in [1.82, 2.24) is 9.21 Å². The normalized spacial score (nSPS) is 23.4. The third-order valence-corrected chi connectivity index (χ3v) is 7.68. The van der Waals surface area contributed by atoms with Crippen LogP contribution in [0.15, 0.2) is 53.4 Å². The smallest absolute Gasteiger partial charge is 0.334 e. The summed E-state index contributed by atoms with van der Waals surface area (Å²) in [7, 11) is -4.37. The van der Waals surface area contributed by atoms with Crippen LogP contribution < -0.4 is 5.32 Å². The Hall–Kier alpha value is -3.27. The fraction of sp³-hybridized carbons (Fsp3) is 0.238. The topological polar surface area (TPSA) is 86.8 Å². The van der Waals surface area contributed by atoms with Gasteiger partial charge in [-0.3, -0.25) is 4.79 Å². The average molecular weight is 445 g/mol. The third kappa shape index (κ3) is 3.18. The maximum Gasteiger partial charge on any atom is 0.336 e. The van der Waals surface area contributed by atoms with Crippen LogP contribution in [0.3, 0.4) is 0 Å². The molecule has 3 aliphatic rings. The van der Waals surface area contributed by atoms with E-state index in [1.165, 1.54) is 18.2 Å². The molecule has 2 aliphatic heterocycles. The molecule has 2 aromatic rings. The predicted octanol–water partition coefficient (Wildman–Crippen LogP) is 2.82. The fourth-order valence-electron chi connectivity index (χ4n) is 4.44. The Kier molecular flexibility index (Phi) is 4.37. The van der Waals surface area contributed by atoms with Gasteiger partial charge in [-0.25, -0.2) is 26.3 Å². The van der Waals surface area contributed by atoms with E-state index in [-0.39, 0.29) is 28.4 Å². The minimum Gasteiger partial charge on any atom is -0.334 e. The van der Waals surface area contributed by atoms with Crippen LogP contribution in [0, 0.1) is 17.6 Å². The molecule has 31 heavy (non-hydrogen) atoms. The molecular weight excluding hydrogens is 428 g/mol. The Labute approximate surface area is 177 Å². The standard InChI is InChI=1S/C21H17F2N3O4S/c22-14-3-1-12(2-4-14)17-9-16-7-13(17)10-25(16)20(27)11-26-21(28)24-18-6-5-15(23)8-19(18)31(26,29)30/h1-6,8-9,13,16H,7,10-11H2,(H,24,28)/t13-,16-/m0/s1. The van der Waals surface area contributed by atoms with Crippen molar-refractivity contribution in [2.24, 2.45) is 5.92 Å². The van der Waals surface area contributed by atoms with E-state index in [1.807, 2.05) is 6.08 Å². The molecule has 2 atom stereocenters. The van der Waals surface area contributed by atoms with Crippen LogP contribution in [-0.2, 0) is 14.8 Å². The molecule has 10 heteroatoms. The Balaban J connectivity index is 1.36. The highest BCUT2D eigenvalue weighted by molar-refractivity contribution is 7.90. The Bertz CT molecular complexity index is 1240. The second kappa shape index (κ2) is 6.88. The molecular formula is C21H17F2N3O4S. The lowest BCUT2D eigenvalue weighted by atomic mass is 9.95. The van der Waals surface area contributed by atoms with E-state index in [4.69, 9.17) is 0 Å². The van der Waals surface area contributed by atoms with Gasteiger partial charge in [0.1, 0.15) is 23.1 Å². The summed E-state index contributed by atoms with van der Waals surface area (Å²) >= 11 is 0. The van der Waals surface area contributed by atoms with Crippen molar-refractivity contribution in [2.45, 2.75) is 17.4 Å². The zero-order chi connectivity index (χ0) is 21.9. The molecule has 160 valence electrons. The minimum atomic E-state index is -4.37. The summed E-state index contributed by atoms with van der Waals surface area (Å²) in [6.45, 7) is -0.291. The summed E-state index contributed by atoms with van der Waals surface area (Å²) in [4.78, 5) is 26.4. The number of likely N-dealkylation sites (tertiary alicyclic amines) is 1. The largest absolute Gasteiger partial charge is 0.336 e. The van der Waals surface area contributed by atoms with Crippen molar-refractivity contribution in [3.8, 4) is 0 Å². The number of anilines is 1. The van der Waals surface area contributed by atoms with Gasteiger partial charge in [0.25, 0.3) is 10.0 Å². The number of rotatable bonds is 3. The summed E-state index contributed by atoms with van der Waals surface area (Å²) in [5.41, 5.74) is 1.89. The Morgan fingerprint density at radius 2 is 1.81 bits per heavy atom. The second-order valence-electron chi connectivity index (χ2n) is 7.76. The number of carbonyl (C=O) groups excluding carboxylic acids is 2. The first kappa shape index (κ1) is 19.7. The number of benzene rings is 2. The SMILES string of the molecule is O=C(CN1C(=O)Nc2ccc(F)cc2S1(=O)=O)N1C[C@@H]2C[C@H]1C=C2c1ccc(F)cc1. The van der Waals surface area contributed by atoms with Crippen molar-refractivity contribution in [1.29, 1.82) is 0 Å². The van der Waals surface area contributed by atoms with Gasteiger partial charge in [-0.1, -0.05) is 18.2 Å². The molecule has 0 saturated carbocycles. The summed E-state index contributed by atoms with van der Waals surface area (Å²) < 4.78 is 52.8. The highest BCUT2D eigenvalue weighted by Crippen LogP contribution is 2.42. The maximum atomic E-state index is 13.6. The van der Waals surface area contributed by atoms with Gasteiger partial charge in [-0.05, 0) is 47.9 Å². The molecule has 0 radical (unpaired) electrons. The first-order valence-corrected chi connectivity index (χ1v) is 11.1. The third-order valence-electron chi connectivity index (χ3n) is 5.91. The molecule has 1 saturated heterocycles. The van der Waals surface area contributed by atoms with Crippen molar-refractivity contribution in [2.75, 3.05) is 18.4 Å². The fourth-order valence-corrected chi connectivity index (χ4v) is 5.88. The van der Waals surface area contributed by atoms with Crippen molar-refractivity contribution in [3.05, 3.63) is 65.7 Å². The number of sulfonamides is 1. The number of halogens is 2. The van der Waals surface area contributed by atoms with Crippen LogP contribution in [0.2, 0.25) is 0 Å². The lowest BCUT2D eigenvalue weighted by molar-refractivity contribution is -0.131. The number of urea groups is 1. The van der Waals surface area contributed by atoms with Crippen LogP contribution in [0.4, 0.5) is 19.3 Å². The number of nitrogens with zero attached hydrogens (tertiary/aromatic N) is 2. The lowest BCUT2D eigenvalue weighted by Gasteiger charge is -2.32. The van der Waals surface area contributed by atoms with Crippen LogP contribution in [0.1, 0.15) is 12.0 Å². The van der Waals surface area contributed by atoms with E-state index >= 15 is 0 Å². The highest BCUT2D eigenvalue weighted by atomic mass is 32.2. The molecule has 0 spiro atoms. The van der Waals surface area contributed by atoms with Gasteiger partial charge in [0.2, 0.25) is 5.91 Å². The molecule has 2 bridgehead atoms. The number of hydrogen-bond acceptors (Lipinski definition) is 4. The number of carbonyl (C=O) groups is 2. The molecule has 3 amide bonds. The second-order valence-corrected chi connectivity index (χ2v) is 9.59. The molecule has 0 aromatic heterocycles. The molecule has 1 aliphatic carbocycles. The summed E-state index contributed by atoms with van der Waals surface area (Å²) in [5.74, 6) is -1.55. The van der Waals surface area contributed by atoms with E-state index in [1.54, 1.807) is 17.0 Å². The van der Waals surface area contributed by atoms with E-state index in [0.29, 0.717) is 17.3 Å². The quantitative estimate of drug-likeness (QED) is 0.787. The summed E-state index contributed by atoms with van der Waals surface area (Å²) in [6.07, 6.45) is 2.61. The monoisotopic (exact) mass is 445 g/mol. The molecule has 2 aromatic carbocycles. The molecule has 2 heterocycles. The first-order valence-electron chi connectivity index (χ1n) is 9.64. The van der Waals surface area contributed by atoms with Gasteiger partial charge in [-0.15, -0.1) is 0 Å². The highest BCUT2D eigenvalue weighted by Gasteiger charge is 2.44. The van der Waals surface area contributed by atoms with E-state index < -0.39 is 34.3 Å². The molecule has 1 N–H and O–H groups in total. The van der Waals surface area contributed by atoms with E-state index in [2.05, 4.69) is 5.32 Å². The van der Waals surface area contributed by atoms with Crippen LogP contribution in [0.25, 0.3) is 5.57 Å². The zero-order valence-corrected chi connectivity index (χ0v) is 16.9. The van der Waals surface area contributed by atoms with Crippen LogP contribution >= 0.6 is 0 Å². The predicted molar refractivity (Wildman–Crippen MR) is 107 cm³/mol. The van der Waals surface area contributed by atoms with E-state index in [0.717, 1.165) is 23.3 Å². The van der Waals surface area contributed by atoms with Gasteiger partial charge in [0, 0.05) is 12.5 Å². The summed E-state index contributed by atoms with van der Waals surface area (Å²) in [5, 5.41) is 2.38. The van der Waals surface area contributed by atoms with Gasteiger partial charge in [-0.2, -0.15) is 0 Å². The van der Waals surface area contributed by atoms with Gasteiger partial charge < -0.3 is 10.2 Å².